The van der Waals surface area contributed by atoms with E-state index in [4.69, 9.17) is 0 Å². The van der Waals surface area contributed by atoms with Crippen molar-refractivity contribution in [2.45, 2.75) is 12.3 Å². The highest BCUT2D eigenvalue weighted by Crippen LogP contribution is 2.29. The number of likely N-dealkylation sites (tertiary alicyclic amines) is 1. The van der Waals surface area contributed by atoms with E-state index in [1.807, 2.05) is 42.3 Å². The third-order valence-corrected chi connectivity index (χ3v) is 4.17. The summed E-state index contributed by atoms with van der Waals surface area (Å²) in [5.74, 6) is 0.579. The van der Waals surface area contributed by atoms with E-state index in [1.165, 1.54) is 5.56 Å². The number of nitrogens with one attached hydrogen (secondary N) is 1. The molecule has 0 saturated carbocycles. The molecule has 1 N–H and O–H groups in total. The van der Waals surface area contributed by atoms with E-state index in [2.05, 4.69) is 29.6 Å². The highest BCUT2D eigenvalue weighted by atomic mass is 16.2. The summed E-state index contributed by atoms with van der Waals surface area (Å²) in [6.45, 7) is 1.64. The van der Waals surface area contributed by atoms with Crippen LogP contribution in [0.25, 0.3) is 0 Å². The minimum Gasteiger partial charge on any atom is -0.387 e. The molecule has 2 aromatic rings. The number of hydrogen-bond donors (Lipinski definition) is 1. The van der Waals surface area contributed by atoms with E-state index in [1.54, 1.807) is 0 Å². The van der Waals surface area contributed by atoms with Crippen LogP contribution in [0.15, 0.2) is 54.6 Å². The van der Waals surface area contributed by atoms with Gasteiger partial charge in [0.25, 0.3) is 5.91 Å². The van der Waals surface area contributed by atoms with Gasteiger partial charge < -0.3 is 10.2 Å². The van der Waals surface area contributed by atoms with Crippen molar-refractivity contribution >= 4 is 11.6 Å². The molecule has 21 heavy (non-hydrogen) atoms. The number of carbonyl (C=O) groups excluding carboxylic acids is 1. The molecular formula is C18H20N2O. The lowest BCUT2D eigenvalue weighted by molar-refractivity contribution is 0.0791. The number of rotatable bonds is 3. The highest BCUT2D eigenvalue weighted by Gasteiger charge is 2.28. The molecule has 108 valence electrons. The molecule has 1 atom stereocenters. The van der Waals surface area contributed by atoms with E-state index in [-0.39, 0.29) is 5.91 Å². The van der Waals surface area contributed by atoms with Crippen LogP contribution in [-0.2, 0) is 0 Å². The highest BCUT2D eigenvalue weighted by molar-refractivity contribution is 5.99. The van der Waals surface area contributed by atoms with Gasteiger partial charge in [-0.05, 0) is 24.1 Å². The van der Waals surface area contributed by atoms with Gasteiger partial charge in [-0.1, -0.05) is 42.5 Å². The van der Waals surface area contributed by atoms with Crippen molar-refractivity contribution in [1.29, 1.82) is 0 Å². The van der Waals surface area contributed by atoms with Crippen molar-refractivity contribution < 1.29 is 4.79 Å². The van der Waals surface area contributed by atoms with Gasteiger partial charge in [-0.25, -0.2) is 0 Å². The zero-order chi connectivity index (χ0) is 14.7. The first kappa shape index (κ1) is 13.7. The summed E-state index contributed by atoms with van der Waals surface area (Å²) in [5, 5.41) is 3.10. The Bertz CT molecular complexity index is 624. The summed E-state index contributed by atoms with van der Waals surface area (Å²) >= 11 is 0. The lowest BCUT2D eigenvalue weighted by Gasteiger charge is -2.18. The molecule has 3 heteroatoms. The Labute approximate surface area is 125 Å². The van der Waals surface area contributed by atoms with Crippen molar-refractivity contribution in [3.63, 3.8) is 0 Å². The molecule has 1 aliphatic rings. The standard InChI is InChI=1S/C18H20N2O/c1-19-17-10-6-5-9-16(17)18(21)20-12-11-15(13-20)14-7-3-2-4-8-14/h2-10,15,19H,11-13H2,1H3. The predicted molar refractivity (Wildman–Crippen MR) is 85.7 cm³/mol. The maximum Gasteiger partial charge on any atom is 0.255 e. The number of benzene rings is 2. The van der Waals surface area contributed by atoms with E-state index >= 15 is 0 Å². The van der Waals surface area contributed by atoms with E-state index in [0.717, 1.165) is 30.8 Å². The second kappa shape index (κ2) is 6.00. The van der Waals surface area contributed by atoms with Crippen molar-refractivity contribution in [1.82, 2.24) is 4.90 Å². The molecule has 1 unspecified atom stereocenters. The summed E-state index contributed by atoms with van der Waals surface area (Å²) in [4.78, 5) is 14.7. The molecule has 1 amide bonds. The Morgan fingerprint density at radius 3 is 2.57 bits per heavy atom. The summed E-state index contributed by atoms with van der Waals surface area (Å²) in [6, 6.07) is 18.2. The maximum atomic E-state index is 12.7. The third kappa shape index (κ3) is 2.77. The van der Waals surface area contributed by atoms with Crippen LogP contribution in [0.4, 0.5) is 5.69 Å². The van der Waals surface area contributed by atoms with E-state index in [9.17, 15) is 4.79 Å². The largest absolute Gasteiger partial charge is 0.387 e. The number of anilines is 1. The molecule has 3 rings (SSSR count). The first-order valence-electron chi connectivity index (χ1n) is 7.40. The molecule has 3 nitrogen and oxygen atoms in total. The van der Waals surface area contributed by atoms with Crippen molar-refractivity contribution in [3.8, 4) is 0 Å². The molecule has 1 fully saturated rings. The molecule has 0 radical (unpaired) electrons. The average Bonchev–Trinajstić information content (AvgIpc) is 3.05. The van der Waals surface area contributed by atoms with E-state index < -0.39 is 0 Å². The van der Waals surface area contributed by atoms with Gasteiger partial charge >= 0.3 is 0 Å². The van der Waals surface area contributed by atoms with Gasteiger partial charge in [0, 0.05) is 31.7 Å². The smallest absolute Gasteiger partial charge is 0.255 e. The normalized spacial score (nSPS) is 17.8. The Hall–Kier alpha value is -2.29. The molecule has 1 heterocycles. The van der Waals surface area contributed by atoms with Crippen LogP contribution in [-0.4, -0.2) is 30.9 Å². The number of carbonyl (C=O) groups is 1. The third-order valence-electron chi connectivity index (χ3n) is 4.17. The van der Waals surface area contributed by atoms with Crippen molar-refractivity contribution in [2.24, 2.45) is 0 Å². The number of amides is 1. The SMILES string of the molecule is CNc1ccccc1C(=O)N1CCC(c2ccccc2)C1. The van der Waals surface area contributed by atoms with Gasteiger partial charge in [0.2, 0.25) is 0 Å². The first-order valence-corrected chi connectivity index (χ1v) is 7.40. The number of hydrogen-bond acceptors (Lipinski definition) is 2. The fourth-order valence-electron chi connectivity index (χ4n) is 3.00. The topological polar surface area (TPSA) is 32.3 Å². The molecule has 1 saturated heterocycles. The number of nitrogens with zero attached hydrogens (tertiary/aromatic N) is 1. The summed E-state index contributed by atoms with van der Waals surface area (Å²) in [5.41, 5.74) is 2.98. The summed E-state index contributed by atoms with van der Waals surface area (Å²) in [7, 11) is 1.85. The van der Waals surface area contributed by atoms with Crippen molar-refractivity contribution in [3.05, 3.63) is 65.7 Å². The lowest BCUT2D eigenvalue weighted by Crippen LogP contribution is -2.29. The van der Waals surface area contributed by atoms with Crippen LogP contribution in [0.1, 0.15) is 28.3 Å². The van der Waals surface area contributed by atoms with Crippen LogP contribution in [0.5, 0.6) is 0 Å². The molecule has 0 spiro atoms. The zero-order valence-corrected chi connectivity index (χ0v) is 12.3. The minimum absolute atomic E-state index is 0.124. The predicted octanol–water partition coefficient (Wildman–Crippen LogP) is 3.36. The fraction of sp³-hybridized carbons (Fsp3) is 0.278. The van der Waals surface area contributed by atoms with Gasteiger partial charge in [-0.3, -0.25) is 4.79 Å². The Kier molecular flexibility index (Phi) is 3.91. The van der Waals surface area contributed by atoms with Gasteiger partial charge in [-0.2, -0.15) is 0 Å². The Morgan fingerprint density at radius 1 is 1.10 bits per heavy atom. The van der Waals surface area contributed by atoms with Crippen LogP contribution in [0.3, 0.4) is 0 Å². The lowest BCUT2D eigenvalue weighted by atomic mass is 9.99. The molecule has 1 aliphatic heterocycles. The van der Waals surface area contributed by atoms with Gasteiger partial charge in [-0.15, -0.1) is 0 Å². The van der Waals surface area contributed by atoms with Crippen molar-refractivity contribution in [2.75, 3.05) is 25.5 Å². The van der Waals surface area contributed by atoms with Crippen LogP contribution < -0.4 is 5.32 Å². The minimum atomic E-state index is 0.124. The van der Waals surface area contributed by atoms with Gasteiger partial charge in [0.15, 0.2) is 0 Å². The van der Waals surface area contributed by atoms with Crippen LogP contribution >= 0.6 is 0 Å². The molecule has 2 aromatic carbocycles. The molecule has 0 bridgehead atoms. The second-order valence-corrected chi connectivity index (χ2v) is 5.44. The zero-order valence-electron chi connectivity index (χ0n) is 12.3. The maximum absolute atomic E-state index is 12.7. The molecule has 0 aromatic heterocycles. The summed E-state index contributed by atoms with van der Waals surface area (Å²) < 4.78 is 0. The Morgan fingerprint density at radius 2 is 1.81 bits per heavy atom. The fourth-order valence-corrected chi connectivity index (χ4v) is 3.00. The van der Waals surface area contributed by atoms with Crippen LogP contribution in [0.2, 0.25) is 0 Å². The average molecular weight is 280 g/mol. The van der Waals surface area contributed by atoms with Gasteiger partial charge in [0.05, 0.1) is 5.56 Å². The van der Waals surface area contributed by atoms with Crippen LogP contribution in [0, 0.1) is 0 Å². The second-order valence-electron chi connectivity index (χ2n) is 5.44. The monoisotopic (exact) mass is 280 g/mol. The number of para-hydroxylation sites is 1. The molecule has 0 aliphatic carbocycles. The van der Waals surface area contributed by atoms with E-state index in [0.29, 0.717) is 5.92 Å². The van der Waals surface area contributed by atoms with Gasteiger partial charge in [0.1, 0.15) is 0 Å². The molecular weight excluding hydrogens is 260 g/mol. The quantitative estimate of drug-likeness (QED) is 0.935. The first-order chi connectivity index (χ1) is 10.3. The summed E-state index contributed by atoms with van der Waals surface area (Å²) in [6.07, 6.45) is 1.04. The Balaban J connectivity index is 1.75.